The van der Waals surface area contributed by atoms with Gasteiger partial charge in [-0.1, -0.05) is 36.4 Å². The lowest BCUT2D eigenvalue weighted by molar-refractivity contribution is -0.137. The van der Waals surface area contributed by atoms with Gasteiger partial charge in [0.25, 0.3) is 0 Å². The number of nitrogens with two attached hydrogens (primary N) is 3. The zero-order valence-electron chi connectivity index (χ0n) is 22.4. The number of benzene rings is 2. The fourth-order valence-corrected chi connectivity index (χ4v) is 3.91. The molecule has 11 nitrogen and oxygen atoms in total. The maximum Gasteiger partial charge on any atom is 0.488 e. The number of hydrogen-bond donors (Lipinski definition) is 7. The molecule has 10 N–H and O–H groups in total. The second-order valence-electron chi connectivity index (χ2n) is 9.40. The van der Waals surface area contributed by atoms with E-state index in [-0.39, 0.29) is 50.3 Å². The number of halogens is 3. The molecule has 0 aromatic heterocycles. The Morgan fingerprint density at radius 1 is 0.902 bits per heavy atom. The minimum Gasteiger partial charge on any atom is -0.423 e. The topological polar surface area (TPSA) is 197 Å². The summed E-state index contributed by atoms with van der Waals surface area (Å²) >= 11 is 0. The molecule has 0 heterocycles. The lowest BCUT2D eigenvalue weighted by atomic mass is 9.80. The molecule has 0 aliphatic rings. The van der Waals surface area contributed by atoms with Crippen LogP contribution in [0.5, 0.6) is 0 Å². The summed E-state index contributed by atoms with van der Waals surface area (Å²) in [6.07, 6.45) is -4.73. The van der Waals surface area contributed by atoms with Crippen LogP contribution < -0.4 is 33.3 Å². The Morgan fingerprint density at radius 2 is 1.46 bits per heavy atom. The third kappa shape index (κ3) is 11.1. The van der Waals surface area contributed by atoms with Crippen molar-refractivity contribution in [2.75, 3.05) is 26.2 Å². The number of carbonyl (C=O) groups is 3. The number of alkyl halides is 3. The van der Waals surface area contributed by atoms with E-state index in [2.05, 4.69) is 10.6 Å². The minimum absolute atomic E-state index is 0.0199. The van der Waals surface area contributed by atoms with Crippen molar-refractivity contribution < 1.29 is 37.6 Å². The predicted molar refractivity (Wildman–Crippen MR) is 147 cm³/mol. The zero-order chi connectivity index (χ0) is 30.6. The van der Waals surface area contributed by atoms with Gasteiger partial charge in [0.15, 0.2) is 0 Å². The second-order valence-corrected chi connectivity index (χ2v) is 9.40. The normalized spacial score (nSPS) is 12.8. The molecule has 2 aromatic rings. The van der Waals surface area contributed by atoms with Crippen molar-refractivity contribution >= 4 is 30.3 Å². The highest BCUT2D eigenvalue weighted by molar-refractivity contribution is 6.58. The molecule has 0 saturated heterocycles. The molecule has 2 rings (SSSR count). The number of nitrogens with zero attached hydrogens (tertiary/aromatic N) is 1. The number of hydrogen-bond acceptors (Lipinski definition) is 8. The first kappa shape index (κ1) is 33.7. The number of carbonyl (C=O) groups excluding carboxylic acids is 3. The third-order valence-corrected chi connectivity index (χ3v) is 6.26. The summed E-state index contributed by atoms with van der Waals surface area (Å²) in [7, 11) is -1.65. The summed E-state index contributed by atoms with van der Waals surface area (Å²) in [6, 6.07) is 7.96. The van der Waals surface area contributed by atoms with Crippen LogP contribution in [0.3, 0.4) is 0 Å². The summed E-state index contributed by atoms with van der Waals surface area (Å²) in [4.78, 5) is 39.9. The predicted octanol–water partition coefficient (Wildman–Crippen LogP) is -1.42. The molecule has 0 radical (unpaired) electrons. The summed E-state index contributed by atoms with van der Waals surface area (Å²) in [5.41, 5.74) is 17.4. The largest absolute Gasteiger partial charge is 0.488 e. The van der Waals surface area contributed by atoms with Crippen molar-refractivity contribution in [1.29, 1.82) is 0 Å². The Balaban J connectivity index is 2.10. The Hall–Kier alpha value is -3.50. The van der Waals surface area contributed by atoms with E-state index in [0.717, 1.165) is 12.1 Å². The number of rotatable bonds is 15. The van der Waals surface area contributed by atoms with Crippen LogP contribution in [0.25, 0.3) is 0 Å². The van der Waals surface area contributed by atoms with E-state index in [1.807, 2.05) is 0 Å². The molecule has 2 unspecified atom stereocenters. The van der Waals surface area contributed by atoms with Gasteiger partial charge in [-0.3, -0.25) is 14.4 Å². The van der Waals surface area contributed by atoms with Crippen LogP contribution in [-0.4, -0.2) is 78.1 Å². The van der Waals surface area contributed by atoms with E-state index in [4.69, 9.17) is 17.2 Å². The molecule has 0 saturated carbocycles. The number of nitrogens with one attached hydrogen (secondary N) is 2. The standard InChI is InChI=1S/C26H36BF3N6O5/c28-26(29,30)19-5-1-17(2-6-19)15-22(25(39)34-16-18-3-7-20(8-4-18)27(40)41)35-24(38)21(33)9-10-23(37)36(13-11-31)14-12-32/h1-8,21-22,40-41H,9-16,31-33H2,(H,34,39)(H,35,38). The molecule has 0 spiro atoms. The van der Waals surface area contributed by atoms with E-state index in [1.54, 1.807) is 12.1 Å². The van der Waals surface area contributed by atoms with Gasteiger partial charge in [0.1, 0.15) is 6.04 Å². The Kier molecular flexibility index (Phi) is 13.2. The summed E-state index contributed by atoms with van der Waals surface area (Å²) in [6.45, 7) is 1.12. The van der Waals surface area contributed by atoms with Crippen molar-refractivity contribution in [2.24, 2.45) is 17.2 Å². The van der Waals surface area contributed by atoms with Crippen LogP contribution in [0.2, 0.25) is 0 Å². The van der Waals surface area contributed by atoms with Crippen molar-refractivity contribution in [1.82, 2.24) is 15.5 Å². The van der Waals surface area contributed by atoms with Crippen LogP contribution in [0.4, 0.5) is 13.2 Å². The average Bonchev–Trinajstić information content (AvgIpc) is 2.93. The molecule has 0 bridgehead atoms. The van der Waals surface area contributed by atoms with Gasteiger partial charge >= 0.3 is 13.3 Å². The van der Waals surface area contributed by atoms with E-state index in [0.29, 0.717) is 24.2 Å². The van der Waals surface area contributed by atoms with Gasteiger partial charge in [-0.05, 0) is 35.1 Å². The monoisotopic (exact) mass is 580 g/mol. The molecule has 0 aliphatic carbocycles. The van der Waals surface area contributed by atoms with Crippen molar-refractivity contribution in [3.8, 4) is 0 Å². The van der Waals surface area contributed by atoms with Crippen molar-refractivity contribution in [2.45, 2.75) is 44.1 Å². The van der Waals surface area contributed by atoms with Crippen LogP contribution in [0.1, 0.15) is 29.5 Å². The van der Waals surface area contributed by atoms with Gasteiger partial charge in [-0.25, -0.2) is 0 Å². The SMILES string of the molecule is NCCN(CCN)C(=O)CCC(N)C(=O)NC(Cc1ccc(C(F)(F)F)cc1)C(=O)NCc1ccc(B(O)O)cc1. The minimum atomic E-state index is -4.53. The molecular formula is C26H36BF3N6O5. The second kappa shape index (κ2) is 16.1. The fraction of sp³-hybridized carbons (Fsp3) is 0.423. The first-order valence-electron chi connectivity index (χ1n) is 13.0. The highest BCUT2D eigenvalue weighted by Crippen LogP contribution is 2.29. The summed E-state index contributed by atoms with van der Waals surface area (Å²) in [5.74, 6) is -1.61. The lowest BCUT2D eigenvalue weighted by Crippen LogP contribution is -2.52. The number of amides is 3. The Morgan fingerprint density at radius 3 is 1.98 bits per heavy atom. The van der Waals surface area contributed by atoms with Gasteiger partial charge in [-0.2, -0.15) is 13.2 Å². The molecule has 2 aromatic carbocycles. The lowest BCUT2D eigenvalue weighted by Gasteiger charge is -2.23. The quantitative estimate of drug-likeness (QED) is 0.125. The average molecular weight is 580 g/mol. The highest BCUT2D eigenvalue weighted by atomic mass is 19.4. The van der Waals surface area contributed by atoms with Crippen molar-refractivity contribution in [3.05, 3.63) is 65.2 Å². The van der Waals surface area contributed by atoms with Gasteiger partial charge in [-0.15, -0.1) is 0 Å². The molecule has 224 valence electrons. The molecule has 2 atom stereocenters. The molecule has 3 amide bonds. The van der Waals surface area contributed by atoms with E-state index >= 15 is 0 Å². The molecular weight excluding hydrogens is 544 g/mol. The van der Waals surface area contributed by atoms with Gasteiger partial charge in [0.05, 0.1) is 11.6 Å². The Bertz CT molecular complexity index is 1130. The highest BCUT2D eigenvalue weighted by Gasteiger charge is 2.30. The summed E-state index contributed by atoms with van der Waals surface area (Å²) in [5, 5.41) is 23.6. The maximum absolute atomic E-state index is 13.1. The fourth-order valence-electron chi connectivity index (χ4n) is 3.91. The Labute approximate surface area is 236 Å². The van der Waals surface area contributed by atoms with Gasteiger partial charge < -0.3 is 42.8 Å². The maximum atomic E-state index is 13.1. The molecule has 41 heavy (non-hydrogen) atoms. The van der Waals surface area contributed by atoms with Crippen LogP contribution in [-0.2, 0) is 33.5 Å². The van der Waals surface area contributed by atoms with E-state index in [1.165, 1.54) is 29.2 Å². The van der Waals surface area contributed by atoms with Gasteiger partial charge in [0.2, 0.25) is 17.7 Å². The third-order valence-electron chi connectivity index (χ3n) is 6.26. The van der Waals surface area contributed by atoms with Crippen molar-refractivity contribution in [3.63, 3.8) is 0 Å². The van der Waals surface area contributed by atoms with E-state index in [9.17, 15) is 37.6 Å². The van der Waals surface area contributed by atoms with Crippen LogP contribution in [0, 0.1) is 0 Å². The molecule has 0 aliphatic heterocycles. The van der Waals surface area contributed by atoms with Crippen LogP contribution in [0.15, 0.2) is 48.5 Å². The molecule has 0 fully saturated rings. The zero-order valence-corrected chi connectivity index (χ0v) is 22.4. The van der Waals surface area contributed by atoms with Crippen LogP contribution >= 0.6 is 0 Å². The smallest absolute Gasteiger partial charge is 0.423 e. The van der Waals surface area contributed by atoms with E-state index < -0.39 is 42.8 Å². The summed E-state index contributed by atoms with van der Waals surface area (Å²) < 4.78 is 38.9. The van der Waals surface area contributed by atoms with Gasteiger partial charge in [0, 0.05) is 45.6 Å². The first-order chi connectivity index (χ1) is 19.3. The molecule has 15 heteroatoms. The first-order valence-corrected chi connectivity index (χ1v) is 13.0.